The molecule has 0 aliphatic rings. The lowest BCUT2D eigenvalue weighted by molar-refractivity contribution is -0.109. The number of halogens is 2. The Morgan fingerprint density at radius 3 is 2.42 bits per heavy atom. The van der Waals surface area contributed by atoms with Crippen molar-refractivity contribution in [2.75, 3.05) is 0 Å². The third-order valence-electron chi connectivity index (χ3n) is 1.02. The van der Waals surface area contributed by atoms with Gasteiger partial charge in [-0.05, 0) is 48.1 Å². The van der Waals surface area contributed by atoms with Crippen LogP contribution < -0.4 is 4.89 Å². The van der Waals surface area contributed by atoms with Gasteiger partial charge in [0.1, 0.15) is 5.82 Å². The maximum Gasteiger partial charge on any atom is 0.310 e. The Kier molecular flexibility index (Phi) is 3.25. The second-order valence-electron chi connectivity index (χ2n) is 1.86. The molecular formula is C7H4ClFO2S. The van der Waals surface area contributed by atoms with E-state index in [9.17, 15) is 4.39 Å². The summed E-state index contributed by atoms with van der Waals surface area (Å²) >= 11 is 9.53. The first kappa shape index (κ1) is 9.22. The summed E-state index contributed by atoms with van der Waals surface area (Å²) in [6.07, 6.45) is 0. The van der Waals surface area contributed by atoms with Gasteiger partial charge in [0.15, 0.2) is 5.75 Å². The molecule has 2 nitrogen and oxygen atoms in total. The molecule has 0 saturated heterocycles. The molecule has 0 unspecified atom stereocenters. The maximum absolute atomic E-state index is 12.3. The normalized spacial score (nSPS) is 9.17. The molecular weight excluding hydrogens is 203 g/mol. The fraction of sp³-hybridized carbons (Fsp3) is 0. The van der Waals surface area contributed by atoms with Crippen LogP contribution >= 0.6 is 23.8 Å². The van der Waals surface area contributed by atoms with Crippen LogP contribution in [0.15, 0.2) is 24.3 Å². The standard InChI is InChI=1S/C7H4ClFO2S/c8-7(12)11-10-6-3-1-5(9)2-4-6/h1-4H. The van der Waals surface area contributed by atoms with E-state index in [-0.39, 0.29) is 10.3 Å². The van der Waals surface area contributed by atoms with Crippen LogP contribution in [0.3, 0.4) is 0 Å². The SMILES string of the molecule is Fc1ccc(OOC(=S)Cl)cc1. The van der Waals surface area contributed by atoms with Crippen LogP contribution in [-0.2, 0) is 4.89 Å². The van der Waals surface area contributed by atoms with Gasteiger partial charge in [-0.3, -0.25) is 9.78 Å². The van der Waals surface area contributed by atoms with E-state index in [2.05, 4.69) is 22.0 Å². The summed E-state index contributed by atoms with van der Waals surface area (Å²) in [5, 5.41) is 0. The van der Waals surface area contributed by atoms with Crippen molar-refractivity contribution < 1.29 is 14.2 Å². The Morgan fingerprint density at radius 2 is 1.92 bits per heavy atom. The second kappa shape index (κ2) is 4.23. The van der Waals surface area contributed by atoms with Crippen molar-refractivity contribution >= 4 is 28.3 Å². The van der Waals surface area contributed by atoms with Gasteiger partial charge in [-0.15, -0.1) is 0 Å². The van der Waals surface area contributed by atoms with Gasteiger partial charge in [-0.1, -0.05) is 0 Å². The number of hydrogen-bond donors (Lipinski definition) is 0. The Labute approximate surface area is 78.8 Å². The topological polar surface area (TPSA) is 18.5 Å². The molecule has 64 valence electrons. The van der Waals surface area contributed by atoms with Crippen molar-refractivity contribution in [3.63, 3.8) is 0 Å². The molecule has 0 aliphatic carbocycles. The third kappa shape index (κ3) is 3.02. The number of benzene rings is 1. The molecule has 5 heteroatoms. The minimum atomic E-state index is -0.351. The van der Waals surface area contributed by atoms with Crippen molar-refractivity contribution in [3.05, 3.63) is 30.1 Å². The summed E-state index contributed by atoms with van der Waals surface area (Å²) < 4.78 is 12.1. The number of hydrogen-bond acceptors (Lipinski definition) is 3. The lowest BCUT2D eigenvalue weighted by atomic mass is 10.3. The zero-order chi connectivity index (χ0) is 8.97. The van der Waals surface area contributed by atoms with Gasteiger partial charge in [0.05, 0.1) is 0 Å². The Morgan fingerprint density at radius 1 is 1.33 bits per heavy atom. The predicted molar refractivity (Wildman–Crippen MR) is 46.6 cm³/mol. The number of thiocarbonyl (C=S) groups is 1. The van der Waals surface area contributed by atoms with E-state index in [1.54, 1.807) is 0 Å². The molecule has 0 saturated carbocycles. The van der Waals surface area contributed by atoms with Crippen LogP contribution in [0.5, 0.6) is 5.75 Å². The largest absolute Gasteiger partial charge is 0.310 e. The highest BCUT2D eigenvalue weighted by molar-refractivity contribution is 7.82. The summed E-state index contributed by atoms with van der Waals surface area (Å²) in [5.74, 6) is -0.0183. The van der Waals surface area contributed by atoms with Crippen LogP contribution in [0.2, 0.25) is 0 Å². The highest BCUT2D eigenvalue weighted by Gasteiger charge is 1.96. The van der Waals surface area contributed by atoms with E-state index >= 15 is 0 Å². The summed E-state index contributed by atoms with van der Waals surface area (Å²) in [7, 11) is 0. The van der Waals surface area contributed by atoms with E-state index in [1.165, 1.54) is 24.3 Å². The highest BCUT2D eigenvalue weighted by atomic mass is 35.5. The third-order valence-corrected chi connectivity index (χ3v) is 1.15. The lowest BCUT2D eigenvalue weighted by Crippen LogP contribution is -1.98. The molecule has 0 bridgehead atoms. The Bertz CT molecular complexity index is 275. The van der Waals surface area contributed by atoms with Crippen LogP contribution in [0.25, 0.3) is 0 Å². The molecule has 0 N–H and O–H groups in total. The van der Waals surface area contributed by atoms with Crippen molar-refractivity contribution in [3.8, 4) is 5.75 Å². The van der Waals surface area contributed by atoms with E-state index in [4.69, 9.17) is 11.6 Å². The molecule has 0 spiro atoms. The van der Waals surface area contributed by atoms with Gasteiger partial charge in [-0.25, -0.2) is 4.39 Å². The second-order valence-corrected chi connectivity index (χ2v) is 2.80. The Balaban J connectivity index is 2.53. The summed E-state index contributed by atoms with van der Waals surface area (Å²) in [4.78, 5) is 8.92. The molecule has 12 heavy (non-hydrogen) atoms. The molecule has 0 heterocycles. The van der Waals surface area contributed by atoms with Crippen molar-refractivity contribution in [1.82, 2.24) is 0 Å². The molecule has 1 aromatic carbocycles. The van der Waals surface area contributed by atoms with Gasteiger partial charge in [0.25, 0.3) is 0 Å². The average molecular weight is 207 g/mol. The zero-order valence-corrected chi connectivity index (χ0v) is 7.36. The van der Waals surface area contributed by atoms with Gasteiger partial charge >= 0.3 is 4.51 Å². The minimum Gasteiger partial charge on any atom is -0.288 e. The van der Waals surface area contributed by atoms with E-state index in [0.717, 1.165) is 0 Å². The van der Waals surface area contributed by atoms with Gasteiger partial charge in [0, 0.05) is 0 Å². The molecule has 0 radical (unpaired) electrons. The van der Waals surface area contributed by atoms with Crippen molar-refractivity contribution in [1.29, 1.82) is 0 Å². The molecule has 0 amide bonds. The molecule has 0 fully saturated rings. The smallest absolute Gasteiger partial charge is 0.288 e. The van der Waals surface area contributed by atoms with E-state index < -0.39 is 0 Å². The van der Waals surface area contributed by atoms with Crippen LogP contribution in [-0.4, -0.2) is 4.51 Å². The van der Waals surface area contributed by atoms with Crippen molar-refractivity contribution in [2.24, 2.45) is 0 Å². The van der Waals surface area contributed by atoms with Crippen LogP contribution in [0.1, 0.15) is 0 Å². The number of rotatable bonds is 2. The fourth-order valence-electron chi connectivity index (χ4n) is 0.571. The Hall–Kier alpha value is -0.870. The highest BCUT2D eigenvalue weighted by Crippen LogP contribution is 2.11. The first-order valence-electron chi connectivity index (χ1n) is 2.98. The molecule has 0 atom stereocenters. The molecule has 0 aromatic heterocycles. The first-order chi connectivity index (χ1) is 5.68. The van der Waals surface area contributed by atoms with Crippen molar-refractivity contribution in [2.45, 2.75) is 0 Å². The lowest BCUT2D eigenvalue weighted by Gasteiger charge is -2.00. The average Bonchev–Trinajstić information content (AvgIpc) is 2.03. The van der Waals surface area contributed by atoms with Crippen LogP contribution in [0, 0.1) is 5.82 Å². The summed E-state index contributed by atoms with van der Waals surface area (Å²) in [5.41, 5.74) is 0. The molecule has 0 aliphatic heterocycles. The molecule has 1 aromatic rings. The van der Waals surface area contributed by atoms with Gasteiger partial charge in [0.2, 0.25) is 0 Å². The van der Waals surface area contributed by atoms with E-state index in [0.29, 0.717) is 5.75 Å². The van der Waals surface area contributed by atoms with Gasteiger partial charge in [-0.2, -0.15) is 0 Å². The zero-order valence-electron chi connectivity index (χ0n) is 5.79. The fourth-order valence-corrected chi connectivity index (χ4v) is 0.637. The minimum absolute atomic E-state index is 0.251. The predicted octanol–water partition coefficient (Wildman–Crippen LogP) is 2.66. The maximum atomic E-state index is 12.3. The first-order valence-corrected chi connectivity index (χ1v) is 3.76. The van der Waals surface area contributed by atoms with Crippen LogP contribution in [0.4, 0.5) is 4.39 Å². The molecule has 1 rings (SSSR count). The monoisotopic (exact) mass is 206 g/mol. The van der Waals surface area contributed by atoms with Gasteiger partial charge < -0.3 is 0 Å². The van der Waals surface area contributed by atoms with E-state index in [1.807, 2.05) is 0 Å². The summed E-state index contributed by atoms with van der Waals surface area (Å²) in [6.45, 7) is 0. The summed E-state index contributed by atoms with van der Waals surface area (Å²) in [6, 6.07) is 5.25. The quantitative estimate of drug-likeness (QED) is 0.321.